The van der Waals surface area contributed by atoms with E-state index < -0.39 is 0 Å². The summed E-state index contributed by atoms with van der Waals surface area (Å²) in [6.45, 7) is 4.24. The molecular formula is C26H28N4O4. The number of hydrogen-bond donors (Lipinski definition) is 1. The summed E-state index contributed by atoms with van der Waals surface area (Å²) in [5, 5.41) is 8.26. The van der Waals surface area contributed by atoms with Gasteiger partial charge in [0.2, 0.25) is 5.95 Å². The summed E-state index contributed by atoms with van der Waals surface area (Å²) in [5.41, 5.74) is 3.29. The third kappa shape index (κ3) is 3.69. The predicted molar refractivity (Wildman–Crippen MR) is 128 cm³/mol. The minimum atomic E-state index is -0.373. The van der Waals surface area contributed by atoms with E-state index in [0.717, 1.165) is 34.6 Å². The minimum absolute atomic E-state index is 0.123. The average Bonchev–Trinajstić information content (AvgIpc) is 3.25. The Morgan fingerprint density at radius 1 is 0.971 bits per heavy atom. The number of Topliss-reactive ketones (excluding diaryl/α,β-unsaturated/α-hetero) is 1. The number of anilines is 1. The molecular weight excluding hydrogens is 432 g/mol. The maximum atomic E-state index is 13.4. The van der Waals surface area contributed by atoms with Crippen LogP contribution in [0.5, 0.6) is 17.2 Å². The van der Waals surface area contributed by atoms with Crippen LogP contribution < -0.4 is 19.5 Å². The van der Waals surface area contributed by atoms with E-state index >= 15 is 0 Å². The Balaban J connectivity index is 1.64. The fourth-order valence-corrected chi connectivity index (χ4v) is 4.80. The first-order chi connectivity index (χ1) is 16.3. The largest absolute Gasteiger partial charge is 0.497 e. The normalized spacial score (nSPS) is 18.6. The van der Waals surface area contributed by atoms with Crippen LogP contribution in [0.1, 0.15) is 38.3 Å². The Bertz CT molecular complexity index is 1290. The molecule has 1 aliphatic carbocycles. The lowest BCUT2D eigenvalue weighted by Crippen LogP contribution is -2.36. The molecule has 2 heterocycles. The van der Waals surface area contributed by atoms with Crippen molar-refractivity contribution in [3.8, 4) is 28.6 Å². The summed E-state index contributed by atoms with van der Waals surface area (Å²) in [5.74, 6) is 3.26. The number of nitrogens with one attached hydrogen (secondary N) is 1. The molecule has 5 rings (SSSR count). The number of rotatable bonds is 5. The number of methoxy groups -OCH3 is 3. The number of fused-ring (bicyclic) bond motifs is 1. The summed E-state index contributed by atoms with van der Waals surface area (Å²) < 4.78 is 18.0. The number of hydrogen-bond acceptors (Lipinski definition) is 7. The molecule has 1 N–H and O–H groups in total. The summed E-state index contributed by atoms with van der Waals surface area (Å²) >= 11 is 0. The van der Waals surface area contributed by atoms with E-state index in [1.165, 1.54) is 0 Å². The van der Waals surface area contributed by atoms with Crippen molar-refractivity contribution in [2.75, 3.05) is 26.6 Å². The van der Waals surface area contributed by atoms with Gasteiger partial charge in [-0.25, -0.2) is 4.68 Å². The monoisotopic (exact) mass is 460 g/mol. The highest BCUT2D eigenvalue weighted by atomic mass is 16.5. The number of aromatic nitrogens is 3. The standard InChI is InChI=1S/C26H28N4O4/c1-26(2)13-18-22(19(31)14-26)23(15-6-9-17(32-3)10-7-15)30-25(27-18)28-24(29-30)16-8-11-20(33-4)21(12-16)34-5/h6-12,23H,13-14H2,1-5H3,(H,27,28,29). The highest BCUT2D eigenvalue weighted by Gasteiger charge is 2.42. The summed E-state index contributed by atoms with van der Waals surface area (Å²) in [6.07, 6.45) is 1.26. The lowest BCUT2D eigenvalue weighted by atomic mass is 9.73. The highest BCUT2D eigenvalue weighted by Crippen LogP contribution is 2.46. The summed E-state index contributed by atoms with van der Waals surface area (Å²) in [6, 6.07) is 13.0. The van der Waals surface area contributed by atoms with E-state index in [9.17, 15) is 4.79 Å². The molecule has 1 aromatic heterocycles. The van der Waals surface area contributed by atoms with Gasteiger partial charge in [0.1, 0.15) is 11.8 Å². The lowest BCUT2D eigenvalue weighted by molar-refractivity contribution is -0.118. The van der Waals surface area contributed by atoms with Crippen molar-refractivity contribution in [3.63, 3.8) is 0 Å². The fraction of sp³-hybridized carbons (Fsp3) is 0.346. The Morgan fingerprint density at radius 3 is 2.38 bits per heavy atom. The quantitative estimate of drug-likeness (QED) is 0.594. The summed E-state index contributed by atoms with van der Waals surface area (Å²) in [7, 11) is 4.83. The second-order valence-corrected chi connectivity index (χ2v) is 9.41. The van der Waals surface area contributed by atoms with Crippen molar-refractivity contribution < 1.29 is 19.0 Å². The molecule has 0 radical (unpaired) electrons. The van der Waals surface area contributed by atoms with Crippen LogP contribution in [0.3, 0.4) is 0 Å². The molecule has 8 heteroatoms. The van der Waals surface area contributed by atoms with Crippen LogP contribution in [0.25, 0.3) is 11.4 Å². The van der Waals surface area contributed by atoms with E-state index in [4.69, 9.17) is 24.3 Å². The van der Waals surface area contributed by atoms with Crippen LogP contribution in [0.2, 0.25) is 0 Å². The van der Waals surface area contributed by atoms with E-state index in [1.807, 2.05) is 47.1 Å². The molecule has 1 atom stereocenters. The van der Waals surface area contributed by atoms with Gasteiger partial charge in [0.25, 0.3) is 0 Å². The van der Waals surface area contributed by atoms with Gasteiger partial charge in [-0.1, -0.05) is 26.0 Å². The molecule has 0 bridgehead atoms. The van der Waals surface area contributed by atoms with Gasteiger partial charge in [0, 0.05) is 23.3 Å². The molecule has 1 unspecified atom stereocenters. The Morgan fingerprint density at radius 2 is 1.71 bits per heavy atom. The number of carbonyl (C=O) groups excluding carboxylic acids is 1. The van der Waals surface area contributed by atoms with Crippen molar-refractivity contribution in [1.29, 1.82) is 0 Å². The smallest absolute Gasteiger partial charge is 0.226 e. The zero-order chi connectivity index (χ0) is 24.0. The maximum absolute atomic E-state index is 13.4. The van der Waals surface area contributed by atoms with Crippen LogP contribution >= 0.6 is 0 Å². The van der Waals surface area contributed by atoms with Crippen molar-refractivity contribution in [1.82, 2.24) is 14.8 Å². The molecule has 0 fully saturated rings. The van der Waals surface area contributed by atoms with Gasteiger partial charge in [-0.2, -0.15) is 4.98 Å². The van der Waals surface area contributed by atoms with Crippen LogP contribution in [0.4, 0.5) is 5.95 Å². The average molecular weight is 461 g/mol. The van der Waals surface area contributed by atoms with E-state index in [2.05, 4.69) is 19.2 Å². The third-order valence-electron chi connectivity index (χ3n) is 6.41. The first-order valence-corrected chi connectivity index (χ1v) is 11.2. The molecule has 3 aromatic rings. The molecule has 0 spiro atoms. The zero-order valence-electron chi connectivity index (χ0n) is 20.0. The molecule has 34 heavy (non-hydrogen) atoms. The molecule has 176 valence electrons. The van der Waals surface area contributed by atoms with Gasteiger partial charge in [0.15, 0.2) is 23.1 Å². The van der Waals surface area contributed by atoms with E-state index in [-0.39, 0.29) is 17.2 Å². The zero-order valence-corrected chi connectivity index (χ0v) is 20.0. The van der Waals surface area contributed by atoms with Gasteiger partial charge < -0.3 is 19.5 Å². The number of ketones is 1. The topological polar surface area (TPSA) is 87.5 Å². The van der Waals surface area contributed by atoms with Crippen LogP contribution in [0.15, 0.2) is 53.7 Å². The van der Waals surface area contributed by atoms with Crippen LogP contribution in [-0.2, 0) is 4.79 Å². The number of benzene rings is 2. The molecule has 0 saturated carbocycles. The van der Waals surface area contributed by atoms with Gasteiger partial charge in [-0.3, -0.25) is 4.79 Å². The molecule has 2 aromatic carbocycles. The Kier molecular flexibility index (Phi) is 5.31. The van der Waals surface area contributed by atoms with Gasteiger partial charge in [0.05, 0.1) is 21.3 Å². The van der Waals surface area contributed by atoms with Gasteiger partial charge in [-0.05, 0) is 47.7 Å². The van der Waals surface area contributed by atoms with Crippen molar-refractivity contribution >= 4 is 11.7 Å². The van der Waals surface area contributed by atoms with Gasteiger partial charge >= 0.3 is 0 Å². The number of nitrogens with zero attached hydrogens (tertiary/aromatic N) is 3. The first-order valence-electron chi connectivity index (χ1n) is 11.2. The number of allylic oxidation sites excluding steroid dienone is 2. The second-order valence-electron chi connectivity index (χ2n) is 9.41. The predicted octanol–water partition coefficient (Wildman–Crippen LogP) is 4.63. The minimum Gasteiger partial charge on any atom is -0.497 e. The highest BCUT2D eigenvalue weighted by molar-refractivity contribution is 6.00. The number of carbonyl (C=O) groups is 1. The Hall–Kier alpha value is -3.81. The van der Waals surface area contributed by atoms with E-state index in [0.29, 0.717) is 29.7 Å². The first kappa shape index (κ1) is 22.0. The van der Waals surface area contributed by atoms with E-state index in [1.54, 1.807) is 21.3 Å². The van der Waals surface area contributed by atoms with Crippen LogP contribution in [0, 0.1) is 5.41 Å². The maximum Gasteiger partial charge on any atom is 0.226 e. The molecule has 8 nitrogen and oxygen atoms in total. The lowest BCUT2D eigenvalue weighted by Gasteiger charge is -2.38. The number of ether oxygens (including phenoxy) is 3. The van der Waals surface area contributed by atoms with Crippen molar-refractivity contribution in [3.05, 3.63) is 59.3 Å². The molecule has 2 aliphatic rings. The molecule has 0 saturated heterocycles. The fourth-order valence-electron chi connectivity index (χ4n) is 4.80. The third-order valence-corrected chi connectivity index (χ3v) is 6.41. The second kappa shape index (κ2) is 8.20. The van der Waals surface area contributed by atoms with Crippen molar-refractivity contribution in [2.45, 2.75) is 32.7 Å². The SMILES string of the molecule is COc1ccc(C2C3=C(CC(C)(C)CC3=O)Nc3nc(-c4ccc(OC)c(OC)c4)nn32)cc1. The molecule has 1 aliphatic heterocycles. The van der Waals surface area contributed by atoms with Gasteiger partial charge in [-0.15, -0.1) is 5.10 Å². The summed E-state index contributed by atoms with van der Waals surface area (Å²) in [4.78, 5) is 18.2. The Labute approximate surface area is 198 Å². The van der Waals surface area contributed by atoms with Crippen molar-refractivity contribution in [2.24, 2.45) is 5.41 Å². The molecule has 0 amide bonds. The van der Waals surface area contributed by atoms with Crippen LogP contribution in [-0.4, -0.2) is 41.9 Å².